The van der Waals surface area contributed by atoms with Gasteiger partial charge in [-0.15, -0.1) is 0 Å². The minimum atomic E-state index is -0.287. The van der Waals surface area contributed by atoms with Crippen LogP contribution in [0.3, 0.4) is 0 Å². The first kappa shape index (κ1) is 22.6. The minimum absolute atomic E-state index is 0.199. The van der Waals surface area contributed by atoms with E-state index in [0.717, 1.165) is 17.0 Å². The van der Waals surface area contributed by atoms with Crippen molar-refractivity contribution in [2.45, 2.75) is 32.9 Å². The van der Waals surface area contributed by atoms with Crippen molar-refractivity contribution in [3.63, 3.8) is 0 Å². The summed E-state index contributed by atoms with van der Waals surface area (Å²) >= 11 is 6.23. The zero-order chi connectivity index (χ0) is 23.4. The van der Waals surface area contributed by atoms with Crippen LogP contribution in [-0.2, 0) is 13.1 Å². The van der Waals surface area contributed by atoms with Gasteiger partial charge in [0.05, 0.1) is 12.1 Å². The molecule has 168 valence electrons. The van der Waals surface area contributed by atoms with Crippen LogP contribution >= 0.6 is 11.6 Å². The van der Waals surface area contributed by atoms with Gasteiger partial charge in [0.25, 0.3) is 11.5 Å². The summed E-state index contributed by atoms with van der Waals surface area (Å²) in [6.07, 6.45) is 5.33. The largest absolute Gasteiger partial charge is 0.330 e. The van der Waals surface area contributed by atoms with Crippen LogP contribution < -0.4 is 10.9 Å². The summed E-state index contributed by atoms with van der Waals surface area (Å²) in [7, 11) is 0. The van der Waals surface area contributed by atoms with Crippen LogP contribution in [0.5, 0.6) is 0 Å². The number of hydrogen-bond donors (Lipinski definition) is 1. The van der Waals surface area contributed by atoms with E-state index in [4.69, 9.17) is 11.6 Å². The minimum Gasteiger partial charge on any atom is -0.330 e. The molecule has 0 spiro atoms. The topological polar surface area (TPSA) is 68.9 Å². The third kappa shape index (κ3) is 5.41. The third-order valence-electron chi connectivity index (χ3n) is 5.35. The van der Waals surface area contributed by atoms with E-state index in [1.807, 2.05) is 48.7 Å². The standard InChI is InChI=1S/C26H25ClN4O2/c1-18(2)25-28-12-13-30(25)15-19-6-5-8-22(14-19)29-26(33)21-10-11-24(32)31(17-21)16-20-7-3-4-9-23(20)27/h3-14,17-18H,15-16H2,1-2H3,(H,29,33). The Hall–Kier alpha value is -3.64. The van der Waals surface area contributed by atoms with Crippen molar-refractivity contribution in [2.24, 2.45) is 0 Å². The predicted molar refractivity (Wildman–Crippen MR) is 131 cm³/mol. The number of halogens is 1. The zero-order valence-corrected chi connectivity index (χ0v) is 19.3. The number of benzene rings is 2. The van der Waals surface area contributed by atoms with Crippen LogP contribution in [0.1, 0.15) is 47.1 Å². The Labute approximate surface area is 197 Å². The van der Waals surface area contributed by atoms with Crippen LogP contribution in [0, 0.1) is 0 Å². The molecule has 6 nitrogen and oxygen atoms in total. The lowest BCUT2D eigenvalue weighted by Crippen LogP contribution is -2.22. The van der Waals surface area contributed by atoms with E-state index in [0.29, 0.717) is 28.7 Å². The molecule has 1 amide bonds. The normalized spacial score (nSPS) is 11.0. The smallest absolute Gasteiger partial charge is 0.257 e. The van der Waals surface area contributed by atoms with Crippen molar-refractivity contribution in [3.05, 3.63) is 117 Å². The molecule has 0 saturated heterocycles. The summed E-state index contributed by atoms with van der Waals surface area (Å²) in [4.78, 5) is 29.7. The molecule has 0 fully saturated rings. The first-order valence-electron chi connectivity index (χ1n) is 10.8. The number of nitrogens with zero attached hydrogens (tertiary/aromatic N) is 3. The molecule has 0 aliphatic heterocycles. The number of imidazole rings is 1. The van der Waals surface area contributed by atoms with Gasteiger partial charge in [-0.05, 0) is 35.4 Å². The van der Waals surface area contributed by atoms with Gasteiger partial charge in [-0.3, -0.25) is 9.59 Å². The van der Waals surface area contributed by atoms with Crippen LogP contribution in [-0.4, -0.2) is 20.0 Å². The Bertz CT molecular complexity index is 1340. The van der Waals surface area contributed by atoms with Crippen molar-refractivity contribution in [1.29, 1.82) is 0 Å². The van der Waals surface area contributed by atoms with Gasteiger partial charge in [0.2, 0.25) is 0 Å². The van der Waals surface area contributed by atoms with E-state index in [1.54, 1.807) is 18.5 Å². The lowest BCUT2D eigenvalue weighted by atomic mass is 10.1. The Balaban J connectivity index is 1.50. The number of amides is 1. The van der Waals surface area contributed by atoms with Crippen molar-refractivity contribution in [3.8, 4) is 0 Å². The Morgan fingerprint density at radius 2 is 1.85 bits per heavy atom. The van der Waals surface area contributed by atoms with Gasteiger partial charge in [0.15, 0.2) is 0 Å². The van der Waals surface area contributed by atoms with Gasteiger partial charge in [-0.2, -0.15) is 0 Å². The van der Waals surface area contributed by atoms with E-state index < -0.39 is 0 Å². The van der Waals surface area contributed by atoms with Gasteiger partial charge in [-0.25, -0.2) is 4.98 Å². The van der Waals surface area contributed by atoms with E-state index >= 15 is 0 Å². The average molecular weight is 461 g/mol. The number of aromatic nitrogens is 3. The van der Waals surface area contributed by atoms with Crippen molar-refractivity contribution in [1.82, 2.24) is 14.1 Å². The summed E-state index contributed by atoms with van der Waals surface area (Å²) in [5, 5.41) is 3.51. The maximum atomic E-state index is 12.9. The van der Waals surface area contributed by atoms with Gasteiger partial charge in [0.1, 0.15) is 5.82 Å². The van der Waals surface area contributed by atoms with Gasteiger partial charge in [0, 0.05) is 47.8 Å². The second-order valence-electron chi connectivity index (χ2n) is 8.20. The number of carbonyl (C=O) groups is 1. The van der Waals surface area contributed by atoms with Gasteiger partial charge < -0.3 is 14.5 Å². The molecule has 0 radical (unpaired) electrons. The number of pyridine rings is 1. The molecule has 33 heavy (non-hydrogen) atoms. The van der Waals surface area contributed by atoms with Crippen molar-refractivity contribution >= 4 is 23.2 Å². The maximum absolute atomic E-state index is 12.9. The number of hydrogen-bond acceptors (Lipinski definition) is 3. The summed E-state index contributed by atoms with van der Waals surface area (Å²) in [5.41, 5.74) is 2.74. The molecule has 4 rings (SSSR count). The van der Waals surface area contributed by atoms with Gasteiger partial charge in [-0.1, -0.05) is 55.8 Å². The molecule has 2 aromatic heterocycles. The molecular formula is C26H25ClN4O2. The Kier molecular flexibility index (Phi) is 6.75. The Morgan fingerprint density at radius 1 is 1.03 bits per heavy atom. The second-order valence-corrected chi connectivity index (χ2v) is 8.61. The van der Waals surface area contributed by atoms with Crippen molar-refractivity contribution in [2.75, 3.05) is 5.32 Å². The number of anilines is 1. The number of carbonyl (C=O) groups excluding carboxylic acids is 1. The third-order valence-corrected chi connectivity index (χ3v) is 5.71. The molecule has 2 aromatic carbocycles. The summed E-state index contributed by atoms with van der Waals surface area (Å²) in [6.45, 7) is 5.18. The monoisotopic (exact) mass is 460 g/mol. The fraction of sp³-hybridized carbons (Fsp3) is 0.192. The Morgan fingerprint density at radius 3 is 2.64 bits per heavy atom. The van der Waals surface area contributed by atoms with Crippen LogP contribution in [0.2, 0.25) is 5.02 Å². The second kappa shape index (κ2) is 9.88. The molecule has 0 aliphatic rings. The molecule has 0 bridgehead atoms. The molecule has 1 N–H and O–H groups in total. The van der Waals surface area contributed by atoms with Crippen LogP contribution in [0.4, 0.5) is 5.69 Å². The molecule has 0 unspecified atom stereocenters. The first-order valence-corrected chi connectivity index (χ1v) is 11.1. The first-order chi connectivity index (χ1) is 15.9. The number of rotatable bonds is 7. The summed E-state index contributed by atoms with van der Waals surface area (Å²) < 4.78 is 3.59. The predicted octanol–water partition coefficient (Wildman–Crippen LogP) is 5.17. The molecule has 2 heterocycles. The zero-order valence-electron chi connectivity index (χ0n) is 18.5. The number of nitrogens with one attached hydrogen (secondary N) is 1. The van der Waals surface area contributed by atoms with Crippen LogP contribution in [0.15, 0.2) is 84.0 Å². The molecule has 0 saturated carbocycles. The molecular weight excluding hydrogens is 436 g/mol. The highest BCUT2D eigenvalue weighted by molar-refractivity contribution is 6.31. The quantitative estimate of drug-likeness (QED) is 0.413. The lowest BCUT2D eigenvalue weighted by Gasteiger charge is -2.12. The molecule has 0 aliphatic carbocycles. The fourth-order valence-electron chi connectivity index (χ4n) is 3.70. The highest BCUT2D eigenvalue weighted by atomic mass is 35.5. The summed E-state index contributed by atoms with van der Waals surface area (Å²) in [5.74, 6) is 1.06. The van der Waals surface area contributed by atoms with Crippen LogP contribution in [0.25, 0.3) is 0 Å². The highest BCUT2D eigenvalue weighted by Gasteiger charge is 2.11. The molecule has 0 atom stereocenters. The summed E-state index contributed by atoms with van der Waals surface area (Å²) in [6, 6.07) is 18.0. The SMILES string of the molecule is CC(C)c1nccn1Cc1cccc(NC(=O)c2ccc(=O)n(Cc3ccccc3Cl)c2)c1. The van der Waals surface area contributed by atoms with Gasteiger partial charge >= 0.3 is 0 Å². The lowest BCUT2D eigenvalue weighted by molar-refractivity contribution is 0.102. The molecule has 7 heteroatoms. The van der Waals surface area contributed by atoms with Crippen molar-refractivity contribution < 1.29 is 4.79 Å². The van der Waals surface area contributed by atoms with E-state index in [1.165, 1.54) is 16.7 Å². The van der Waals surface area contributed by atoms with E-state index in [9.17, 15) is 9.59 Å². The average Bonchev–Trinajstić information content (AvgIpc) is 3.25. The fourth-order valence-corrected chi connectivity index (χ4v) is 3.90. The maximum Gasteiger partial charge on any atom is 0.257 e. The molecule has 4 aromatic rings. The van der Waals surface area contributed by atoms with E-state index in [2.05, 4.69) is 28.7 Å². The highest BCUT2D eigenvalue weighted by Crippen LogP contribution is 2.18. The van der Waals surface area contributed by atoms with E-state index in [-0.39, 0.29) is 18.0 Å².